The topological polar surface area (TPSA) is 88.7 Å². The lowest BCUT2D eigenvalue weighted by molar-refractivity contribution is 0.414. The van der Waals surface area contributed by atoms with Gasteiger partial charge < -0.3 is 14.6 Å². The number of nitrogens with one attached hydrogen (secondary N) is 1. The van der Waals surface area contributed by atoms with Crippen molar-refractivity contribution in [3.8, 4) is 11.8 Å². The number of hydrogen-bond acceptors (Lipinski definition) is 6. The maximum absolute atomic E-state index is 9.19. The lowest BCUT2D eigenvalue weighted by Crippen LogP contribution is -2.06. The Labute approximate surface area is 139 Å². The molecule has 24 heavy (non-hydrogen) atoms. The van der Waals surface area contributed by atoms with E-state index in [2.05, 4.69) is 20.3 Å². The minimum Gasteiger partial charge on any atom is -0.497 e. The normalized spacial score (nSPS) is 10.8. The Morgan fingerprint density at radius 3 is 2.62 bits per heavy atom. The maximum Gasteiger partial charge on any atom is 0.236 e. The lowest BCUT2D eigenvalue weighted by atomic mass is 10.2. The van der Waals surface area contributed by atoms with Crippen LogP contribution < -0.4 is 10.1 Å². The first-order chi connectivity index (χ1) is 11.6. The van der Waals surface area contributed by atoms with Gasteiger partial charge in [0.15, 0.2) is 17.0 Å². The number of nitriles is 1. The monoisotopic (exact) mass is 322 g/mol. The lowest BCUT2D eigenvalue weighted by Gasteiger charge is -2.09. The van der Waals surface area contributed by atoms with Crippen LogP contribution in [0.4, 0.5) is 5.82 Å². The molecule has 3 aromatic rings. The first kappa shape index (κ1) is 15.7. The zero-order chi connectivity index (χ0) is 17.1. The van der Waals surface area contributed by atoms with Crippen molar-refractivity contribution in [1.29, 1.82) is 5.26 Å². The highest BCUT2D eigenvalue weighted by molar-refractivity contribution is 5.83. The summed E-state index contributed by atoms with van der Waals surface area (Å²) in [6, 6.07) is 9.96. The third-order valence-corrected chi connectivity index (χ3v) is 3.70. The van der Waals surface area contributed by atoms with Crippen molar-refractivity contribution in [2.75, 3.05) is 12.4 Å². The van der Waals surface area contributed by atoms with E-state index < -0.39 is 0 Å². The number of hydrogen-bond donors (Lipinski definition) is 1. The number of anilines is 1. The molecule has 7 heteroatoms. The van der Waals surface area contributed by atoms with Crippen molar-refractivity contribution in [2.45, 2.75) is 26.4 Å². The molecule has 0 atom stereocenters. The molecule has 0 unspecified atom stereocenters. The van der Waals surface area contributed by atoms with Crippen LogP contribution >= 0.6 is 0 Å². The van der Waals surface area contributed by atoms with Crippen LogP contribution in [0.25, 0.3) is 11.2 Å². The average molecular weight is 322 g/mol. The molecule has 7 nitrogen and oxygen atoms in total. The van der Waals surface area contributed by atoms with Gasteiger partial charge in [0.2, 0.25) is 5.82 Å². The van der Waals surface area contributed by atoms with Crippen LogP contribution in [0, 0.1) is 11.3 Å². The zero-order valence-corrected chi connectivity index (χ0v) is 13.8. The van der Waals surface area contributed by atoms with Crippen molar-refractivity contribution in [1.82, 2.24) is 19.5 Å². The second-order valence-corrected chi connectivity index (χ2v) is 5.63. The van der Waals surface area contributed by atoms with Gasteiger partial charge in [0.25, 0.3) is 0 Å². The number of fused-ring (bicyclic) bond motifs is 1. The number of imidazole rings is 1. The number of benzene rings is 1. The third kappa shape index (κ3) is 2.99. The minimum absolute atomic E-state index is 0.127. The van der Waals surface area contributed by atoms with Gasteiger partial charge in [-0.15, -0.1) is 0 Å². The van der Waals surface area contributed by atoms with Gasteiger partial charge in [-0.1, -0.05) is 12.1 Å². The second kappa shape index (κ2) is 6.54. The van der Waals surface area contributed by atoms with Crippen LogP contribution in [0.3, 0.4) is 0 Å². The highest BCUT2D eigenvalue weighted by Crippen LogP contribution is 2.22. The fraction of sp³-hybridized carbons (Fsp3) is 0.294. The quantitative estimate of drug-likeness (QED) is 0.777. The summed E-state index contributed by atoms with van der Waals surface area (Å²) in [7, 11) is 1.64. The first-order valence-corrected chi connectivity index (χ1v) is 7.64. The van der Waals surface area contributed by atoms with Gasteiger partial charge >= 0.3 is 0 Å². The minimum atomic E-state index is 0.127. The van der Waals surface area contributed by atoms with Crippen LogP contribution in [-0.2, 0) is 6.54 Å². The Hall–Kier alpha value is -3.14. The van der Waals surface area contributed by atoms with Gasteiger partial charge in [0.05, 0.1) is 13.4 Å². The van der Waals surface area contributed by atoms with Crippen molar-refractivity contribution in [2.24, 2.45) is 0 Å². The Balaban J connectivity index is 1.91. The molecule has 1 aromatic carbocycles. The smallest absolute Gasteiger partial charge is 0.236 e. The summed E-state index contributed by atoms with van der Waals surface area (Å²) in [4.78, 5) is 12.9. The Morgan fingerprint density at radius 2 is 2.00 bits per heavy atom. The number of ether oxygens (including phenoxy) is 1. The van der Waals surface area contributed by atoms with Gasteiger partial charge in [-0.05, 0) is 31.5 Å². The van der Waals surface area contributed by atoms with Crippen molar-refractivity contribution in [3.63, 3.8) is 0 Å². The van der Waals surface area contributed by atoms with Crippen molar-refractivity contribution >= 4 is 17.0 Å². The summed E-state index contributed by atoms with van der Waals surface area (Å²) in [6.07, 6.45) is 1.73. The zero-order valence-electron chi connectivity index (χ0n) is 13.8. The van der Waals surface area contributed by atoms with Crippen LogP contribution in [0.15, 0.2) is 30.6 Å². The molecule has 0 saturated heterocycles. The Kier molecular flexibility index (Phi) is 4.29. The van der Waals surface area contributed by atoms with E-state index >= 15 is 0 Å². The van der Waals surface area contributed by atoms with E-state index in [0.29, 0.717) is 23.5 Å². The molecule has 0 spiro atoms. The average Bonchev–Trinajstić information content (AvgIpc) is 3.04. The van der Waals surface area contributed by atoms with Crippen molar-refractivity contribution in [3.05, 3.63) is 42.0 Å². The van der Waals surface area contributed by atoms with Crippen molar-refractivity contribution < 1.29 is 4.74 Å². The summed E-state index contributed by atoms with van der Waals surface area (Å²) >= 11 is 0. The Morgan fingerprint density at radius 1 is 1.25 bits per heavy atom. The van der Waals surface area contributed by atoms with E-state index in [1.54, 1.807) is 13.4 Å². The van der Waals surface area contributed by atoms with Crippen LogP contribution in [0.2, 0.25) is 0 Å². The molecular weight excluding hydrogens is 304 g/mol. The molecule has 122 valence electrons. The van der Waals surface area contributed by atoms with E-state index in [9.17, 15) is 5.26 Å². The summed E-state index contributed by atoms with van der Waals surface area (Å²) in [5.41, 5.74) is 2.40. The second-order valence-electron chi connectivity index (χ2n) is 5.63. The third-order valence-electron chi connectivity index (χ3n) is 3.70. The fourth-order valence-electron chi connectivity index (χ4n) is 2.40. The number of rotatable bonds is 5. The van der Waals surface area contributed by atoms with Gasteiger partial charge in [-0.2, -0.15) is 15.2 Å². The van der Waals surface area contributed by atoms with E-state index in [4.69, 9.17) is 4.74 Å². The van der Waals surface area contributed by atoms with Gasteiger partial charge in [-0.3, -0.25) is 0 Å². The van der Waals surface area contributed by atoms with Gasteiger partial charge in [0.1, 0.15) is 11.8 Å². The van der Waals surface area contributed by atoms with Crippen LogP contribution in [-0.4, -0.2) is 26.6 Å². The molecular formula is C17H18N6O. The van der Waals surface area contributed by atoms with Gasteiger partial charge in [0, 0.05) is 12.6 Å². The van der Waals surface area contributed by atoms with Crippen LogP contribution in [0.5, 0.6) is 5.75 Å². The maximum atomic E-state index is 9.19. The largest absolute Gasteiger partial charge is 0.497 e. The molecule has 0 saturated carbocycles. The highest BCUT2D eigenvalue weighted by atomic mass is 16.5. The number of aromatic nitrogens is 4. The molecule has 0 aliphatic carbocycles. The molecule has 2 aromatic heterocycles. The molecule has 0 bridgehead atoms. The molecule has 1 N–H and O–H groups in total. The molecule has 0 radical (unpaired) electrons. The SMILES string of the molecule is COc1ccc(CNc2nc(C#N)nc3c2ncn3C(C)C)cc1. The summed E-state index contributed by atoms with van der Waals surface area (Å²) < 4.78 is 7.08. The molecule has 0 aliphatic rings. The molecule has 0 aliphatic heterocycles. The predicted molar refractivity (Wildman–Crippen MR) is 90.7 cm³/mol. The fourth-order valence-corrected chi connectivity index (χ4v) is 2.40. The Bertz CT molecular complexity index is 892. The van der Waals surface area contributed by atoms with Crippen LogP contribution in [0.1, 0.15) is 31.3 Å². The van der Waals surface area contributed by atoms with E-state index in [-0.39, 0.29) is 11.9 Å². The van der Waals surface area contributed by atoms with E-state index in [0.717, 1.165) is 11.3 Å². The summed E-state index contributed by atoms with van der Waals surface area (Å²) in [6.45, 7) is 4.65. The van der Waals surface area contributed by atoms with E-state index in [1.165, 1.54) is 0 Å². The predicted octanol–water partition coefficient (Wildman–Crippen LogP) is 2.90. The number of methoxy groups -OCH3 is 1. The van der Waals surface area contributed by atoms with E-state index in [1.807, 2.05) is 48.7 Å². The molecule has 3 rings (SSSR count). The highest BCUT2D eigenvalue weighted by Gasteiger charge is 2.14. The summed E-state index contributed by atoms with van der Waals surface area (Å²) in [5.74, 6) is 1.50. The first-order valence-electron chi connectivity index (χ1n) is 7.64. The number of nitrogens with zero attached hydrogens (tertiary/aromatic N) is 5. The molecule has 2 heterocycles. The molecule has 0 fully saturated rings. The van der Waals surface area contributed by atoms with Gasteiger partial charge in [-0.25, -0.2) is 4.98 Å². The summed E-state index contributed by atoms with van der Waals surface area (Å²) in [5, 5.41) is 12.4. The molecule has 0 amide bonds. The standard InChI is InChI=1S/C17H18N6O/c1-11(2)23-10-20-15-16(21-14(8-18)22-17(15)23)19-9-12-4-6-13(24-3)7-5-12/h4-7,10-11H,9H2,1-3H3,(H,19,21,22).